The number of para-hydroxylation sites is 1. The summed E-state index contributed by atoms with van der Waals surface area (Å²) in [6.45, 7) is 10.7. The van der Waals surface area contributed by atoms with Crippen molar-refractivity contribution in [2.45, 2.75) is 40.7 Å². The SMILES string of the molecule is Cc1cc(C)c(C)c(OC(C)C(=O)NCCOc2ccccc2C)c1. The van der Waals surface area contributed by atoms with Gasteiger partial charge in [0.25, 0.3) is 5.91 Å². The first kappa shape index (κ1) is 18.8. The quantitative estimate of drug-likeness (QED) is 0.778. The molecule has 0 aliphatic heterocycles. The van der Waals surface area contributed by atoms with Crippen molar-refractivity contribution >= 4 is 5.91 Å². The van der Waals surface area contributed by atoms with Gasteiger partial charge < -0.3 is 14.8 Å². The molecule has 1 unspecified atom stereocenters. The molecular formula is C21H27NO3. The van der Waals surface area contributed by atoms with Crippen LogP contribution in [0.2, 0.25) is 0 Å². The normalized spacial score (nSPS) is 11.7. The molecule has 2 aromatic rings. The van der Waals surface area contributed by atoms with Gasteiger partial charge >= 0.3 is 0 Å². The molecule has 0 radical (unpaired) electrons. The third-order valence-electron chi connectivity index (χ3n) is 4.19. The van der Waals surface area contributed by atoms with Gasteiger partial charge in [0, 0.05) is 0 Å². The molecule has 4 nitrogen and oxygen atoms in total. The highest BCUT2D eigenvalue weighted by Crippen LogP contribution is 2.24. The molecular weight excluding hydrogens is 314 g/mol. The zero-order valence-electron chi connectivity index (χ0n) is 15.7. The van der Waals surface area contributed by atoms with Gasteiger partial charge in [-0.1, -0.05) is 24.3 Å². The lowest BCUT2D eigenvalue weighted by atomic mass is 10.1. The Hall–Kier alpha value is -2.49. The van der Waals surface area contributed by atoms with Crippen LogP contribution in [0.5, 0.6) is 11.5 Å². The Kier molecular flexibility index (Phi) is 6.45. The van der Waals surface area contributed by atoms with E-state index in [-0.39, 0.29) is 5.91 Å². The smallest absolute Gasteiger partial charge is 0.260 e. The summed E-state index contributed by atoms with van der Waals surface area (Å²) >= 11 is 0. The topological polar surface area (TPSA) is 47.6 Å². The summed E-state index contributed by atoms with van der Waals surface area (Å²) in [5.74, 6) is 1.45. The first-order valence-corrected chi connectivity index (χ1v) is 8.59. The number of ether oxygens (including phenoxy) is 2. The van der Waals surface area contributed by atoms with Crippen LogP contribution >= 0.6 is 0 Å². The van der Waals surface area contributed by atoms with Crippen molar-refractivity contribution in [3.8, 4) is 11.5 Å². The van der Waals surface area contributed by atoms with E-state index in [1.54, 1.807) is 6.92 Å². The Morgan fingerprint density at radius 2 is 1.76 bits per heavy atom. The van der Waals surface area contributed by atoms with Gasteiger partial charge in [-0.2, -0.15) is 0 Å². The van der Waals surface area contributed by atoms with Gasteiger partial charge in [-0.15, -0.1) is 0 Å². The number of amides is 1. The second-order valence-corrected chi connectivity index (χ2v) is 6.37. The van der Waals surface area contributed by atoms with Crippen LogP contribution in [-0.2, 0) is 4.79 Å². The zero-order chi connectivity index (χ0) is 18.4. The van der Waals surface area contributed by atoms with Crippen LogP contribution in [0, 0.1) is 27.7 Å². The molecule has 134 valence electrons. The number of hydrogen-bond acceptors (Lipinski definition) is 3. The number of aryl methyl sites for hydroxylation is 3. The minimum absolute atomic E-state index is 0.146. The van der Waals surface area contributed by atoms with Crippen molar-refractivity contribution in [3.05, 3.63) is 58.7 Å². The number of carbonyl (C=O) groups excluding carboxylic acids is 1. The molecule has 1 amide bonds. The lowest BCUT2D eigenvalue weighted by molar-refractivity contribution is -0.127. The molecule has 0 bridgehead atoms. The van der Waals surface area contributed by atoms with Gasteiger partial charge in [0.1, 0.15) is 18.1 Å². The van der Waals surface area contributed by atoms with E-state index in [0.29, 0.717) is 13.2 Å². The molecule has 2 rings (SSSR count). The molecule has 0 heterocycles. The van der Waals surface area contributed by atoms with Gasteiger partial charge in [0.05, 0.1) is 6.54 Å². The fourth-order valence-corrected chi connectivity index (χ4v) is 2.56. The molecule has 0 saturated carbocycles. The minimum Gasteiger partial charge on any atom is -0.491 e. The van der Waals surface area contributed by atoms with Gasteiger partial charge in [-0.05, 0) is 69.0 Å². The molecule has 0 aromatic heterocycles. The monoisotopic (exact) mass is 341 g/mol. The fraction of sp³-hybridized carbons (Fsp3) is 0.381. The van der Waals surface area contributed by atoms with E-state index in [1.165, 1.54) is 0 Å². The average molecular weight is 341 g/mol. The van der Waals surface area contributed by atoms with Crippen LogP contribution in [0.15, 0.2) is 36.4 Å². The average Bonchev–Trinajstić information content (AvgIpc) is 2.57. The Morgan fingerprint density at radius 1 is 1.04 bits per heavy atom. The summed E-state index contributed by atoms with van der Waals surface area (Å²) < 4.78 is 11.5. The van der Waals surface area contributed by atoms with Crippen LogP contribution in [0.25, 0.3) is 0 Å². The van der Waals surface area contributed by atoms with Crippen LogP contribution in [-0.4, -0.2) is 25.2 Å². The van der Waals surface area contributed by atoms with Crippen molar-refractivity contribution in [2.75, 3.05) is 13.2 Å². The Morgan fingerprint density at radius 3 is 2.48 bits per heavy atom. The summed E-state index contributed by atoms with van der Waals surface area (Å²) in [5, 5.41) is 2.85. The number of benzene rings is 2. The van der Waals surface area contributed by atoms with E-state index in [9.17, 15) is 4.79 Å². The summed E-state index contributed by atoms with van der Waals surface area (Å²) in [4.78, 5) is 12.2. The molecule has 2 aromatic carbocycles. The van der Waals surface area contributed by atoms with E-state index in [2.05, 4.69) is 11.4 Å². The van der Waals surface area contributed by atoms with Gasteiger partial charge in [-0.25, -0.2) is 0 Å². The second-order valence-electron chi connectivity index (χ2n) is 6.37. The number of nitrogens with one attached hydrogen (secondary N) is 1. The van der Waals surface area contributed by atoms with Crippen molar-refractivity contribution in [1.82, 2.24) is 5.32 Å². The summed E-state index contributed by atoms with van der Waals surface area (Å²) in [5.41, 5.74) is 4.43. The van der Waals surface area contributed by atoms with E-state index < -0.39 is 6.10 Å². The molecule has 1 N–H and O–H groups in total. The zero-order valence-corrected chi connectivity index (χ0v) is 15.7. The summed E-state index contributed by atoms with van der Waals surface area (Å²) in [6.07, 6.45) is -0.557. The van der Waals surface area contributed by atoms with E-state index in [4.69, 9.17) is 9.47 Å². The third kappa shape index (κ3) is 5.24. The molecule has 1 atom stereocenters. The van der Waals surface area contributed by atoms with Crippen LogP contribution in [0.3, 0.4) is 0 Å². The molecule has 25 heavy (non-hydrogen) atoms. The van der Waals surface area contributed by atoms with E-state index >= 15 is 0 Å². The van der Waals surface area contributed by atoms with Gasteiger partial charge in [0.2, 0.25) is 0 Å². The molecule has 0 aliphatic carbocycles. The molecule has 0 saturated heterocycles. The first-order valence-electron chi connectivity index (χ1n) is 8.59. The van der Waals surface area contributed by atoms with E-state index in [1.807, 2.05) is 58.0 Å². The van der Waals surface area contributed by atoms with Crippen molar-refractivity contribution in [1.29, 1.82) is 0 Å². The third-order valence-corrected chi connectivity index (χ3v) is 4.19. The number of carbonyl (C=O) groups is 1. The van der Waals surface area contributed by atoms with E-state index in [0.717, 1.165) is 33.8 Å². The van der Waals surface area contributed by atoms with Crippen molar-refractivity contribution in [2.24, 2.45) is 0 Å². The standard InChI is InChI=1S/C21H27NO3/c1-14-12-16(3)17(4)20(13-14)25-18(5)21(23)22-10-11-24-19-9-7-6-8-15(19)2/h6-9,12-13,18H,10-11H2,1-5H3,(H,22,23). The lowest BCUT2D eigenvalue weighted by Gasteiger charge is -2.18. The van der Waals surface area contributed by atoms with Crippen LogP contribution in [0.4, 0.5) is 0 Å². The van der Waals surface area contributed by atoms with Crippen LogP contribution < -0.4 is 14.8 Å². The lowest BCUT2D eigenvalue weighted by Crippen LogP contribution is -2.38. The fourth-order valence-electron chi connectivity index (χ4n) is 2.56. The molecule has 4 heteroatoms. The minimum atomic E-state index is -0.557. The molecule has 0 aliphatic rings. The largest absolute Gasteiger partial charge is 0.491 e. The van der Waals surface area contributed by atoms with Crippen molar-refractivity contribution in [3.63, 3.8) is 0 Å². The molecule has 0 fully saturated rings. The predicted molar refractivity (Wildman–Crippen MR) is 100 cm³/mol. The Labute approximate surface area is 150 Å². The predicted octanol–water partition coefficient (Wildman–Crippen LogP) is 3.88. The maximum Gasteiger partial charge on any atom is 0.260 e. The summed E-state index contributed by atoms with van der Waals surface area (Å²) in [7, 11) is 0. The van der Waals surface area contributed by atoms with Gasteiger partial charge in [-0.3, -0.25) is 4.79 Å². The van der Waals surface area contributed by atoms with Crippen molar-refractivity contribution < 1.29 is 14.3 Å². The maximum absolute atomic E-state index is 12.2. The second kappa shape index (κ2) is 8.56. The molecule has 0 spiro atoms. The maximum atomic E-state index is 12.2. The van der Waals surface area contributed by atoms with Gasteiger partial charge in [0.15, 0.2) is 6.10 Å². The number of hydrogen-bond donors (Lipinski definition) is 1. The number of rotatable bonds is 7. The highest BCUT2D eigenvalue weighted by Gasteiger charge is 2.16. The Bertz CT molecular complexity index is 740. The Balaban J connectivity index is 1.82. The van der Waals surface area contributed by atoms with Crippen LogP contribution in [0.1, 0.15) is 29.2 Å². The summed E-state index contributed by atoms with van der Waals surface area (Å²) in [6, 6.07) is 11.9. The first-order chi connectivity index (χ1) is 11.9. The highest BCUT2D eigenvalue weighted by molar-refractivity contribution is 5.80. The highest BCUT2D eigenvalue weighted by atomic mass is 16.5.